The molecule has 122 valence electrons. The molecule has 0 unspecified atom stereocenters. The first kappa shape index (κ1) is 17.3. The number of amides is 1. The van der Waals surface area contributed by atoms with Gasteiger partial charge in [-0.2, -0.15) is 5.10 Å². The molecule has 23 heavy (non-hydrogen) atoms. The Hall–Kier alpha value is -2.07. The second kappa shape index (κ2) is 6.59. The molecule has 5 heteroatoms. The Morgan fingerprint density at radius 3 is 2.43 bits per heavy atom. The monoisotopic (exact) mass is 331 g/mol. The summed E-state index contributed by atoms with van der Waals surface area (Å²) in [5, 5.41) is 7.35. The Balaban J connectivity index is 2.08. The summed E-state index contributed by atoms with van der Waals surface area (Å²) < 4.78 is 1.47. The number of benzene rings is 1. The molecule has 1 aromatic carbocycles. The maximum Gasteiger partial charge on any atom is 0.271 e. The number of carbonyl (C=O) groups is 1. The minimum atomic E-state index is -0.252. The van der Waals surface area contributed by atoms with Crippen LogP contribution in [0.25, 0.3) is 6.08 Å². The third kappa shape index (κ3) is 3.82. The van der Waals surface area contributed by atoms with Crippen molar-refractivity contribution in [3.05, 3.63) is 58.4 Å². The Morgan fingerprint density at radius 1 is 1.35 bits per heavy atom. The number of hydrogen-bond donors (Lipinski definition) is 1. The number of nitrogens with zero attached hydrogens (tertiary/aromatic N) is 2. The number of aryl methyl sites for hydroxylation is 1. The molecule has 4 nitrogen and oxygen atoms in total. The van der Waals surface area contributed by atoms with Crippen molar-refractivity contribution in [1.29, 1.82) is 0 Å². The Bertz CT molecular complexity index is 724. The molecule has 2 rings (SSSR count). The zero-order valence-electron chi connectivity index (χ0n) is 14.0. The van der Waals surface area contributed by atoms with E-state index in [9.17, 15) is 4.79 Å². The van der Waals surface area contributed by atoms with Crippen LogP contribution in [0.4, 0.5) is 0 Å². The molecule has 0 saturated carbocycles. The molecular weight excluding hydrogens is 310 g/mol. The highest BCUT2D eigenvalue weighted by Crippen LogP contribution is 2.23. The maximum atomic E-state index is 12.3. The molecule has 0 radical (unpaired) electrons. The van der Waals surface area contributed by atoms with Gasteiger partial charge in [-0.3, -0.25) is 9.48 Å². The Labute approximate surface area is 142 Å². The molecule has 1 amide bonds. The van der Waals surface area contributed by atoms with E-state index < -0.39 is 0 Å². The SMILES string of the molecule is C=Cc1nn(C)c(C(=O)NCc2ccc(C(C)(C)C)cc2)c1Cl. The predicted molar refractivity (Wildman–Crippen MR) is 94.6 cm³/mol. The van der Waals surface area contributed by atoms with Crippen LogP contribution in [0, 0.1) is 0 Å². The first-order valence-electron chi connectivity index (χ1n) is 7.46. The summed E-state index contributed by atoms with van der Waals surface area (Å²) in [4.78, 5) is 12.3. The van der Waals surface area contributed by atoms with Crippen LogP contribution in [-0.2, 0) is 19.0 Å². The van der Waals surface area contributed by atoms with Crippen molar-refractivity contribution in [2.75, 3.05) is 0 Å². The van der Waals surface area contributed by atoms with Crippen LogP contribution in [0.3, 0.4) is 0 Å². The van der Waals surface area contributed by atoms with Crippen LogP contribution in [0.2, 0.25) is 5.02 Å². The number of halogens is 1. The van der Waals surface area contributed by atoms with Crippen LogP contribution in [0.5, 0.6) is 0 Å². The largest absolute Gasteiger partial charge is 0.347 e. The van der Waals surface area contributed by atoms with E-state index in [0.717, 1.165) is 5.56 Å². The molecule has 1 aromatic heterocycles. The standard InChI is InChI=1S/C18H22ClN3O/c1-6-14-15(19)16(22(5)21-14)17(23)20-11-12-7-9-13(10-8-12)18(2,3)4/h6-10H,1,11H2,2-5H3,(H,20,23). The van der Waals surface area contributed by atoms with Crippen molar-refractivity contribution < 1.29 is 4.79 Å². The van der Waals surface area contributed by atoms with Gasteiger partial charge in [-0.05, 0) is 22.6 Å². The maximum absolute atomic E-state index is 12.3. The minimum Gasteiger partial charge on any atom is -0.347 e. The van der Waals surface area contributed by atoms with E-state index in [1.165, 1.54) is 16.3 Å². The summed E-state index contributed by atoms with van der Waals surface area (Å²) in [6.07, 6.45) is 1.53. The number of rotatable bonds is 4. The fourth-order valence-corrected chi connectivity index (χ4v) is 2.61. The topological polar surface area (TPSA) is 46.9 Å². The van der Waals surface area contributed by atoms with E-state index in [0.29, 0.717) is 23.0 Å². The van der Waals surface area contributed by atoms with E-state index >= 15 is 0 Å². The Morgan fingerprint density at radius 2 is 1.96 bits per heavy atom. The van der Waals surface area contributed by atoms with E-state index in [-0.39, 0.29) is 11.3 Å². The van der Waals surface area contributed by atoms with Gasteiger partial charge in [0.1, 0.15) is 11.4 Å². The van der Waals surface area contributed by atoms with Gasteiger partial charge in [0.25, 0.3) is 5.91 Å². The summed E-state index contributed by atoms with van der Waals surface area (Å²) >= 11 is 6.16. The van der Waals surface area contributed by atoms with Gasteiger partial charge >= 0.3 is 0 Å². The average molecular weight is 332 g/mol. The second-order valence-electron chi connectivity index (χ2n) is 6.51. The lowest BCUT2D eigenvalue weighted by molar-refractivity contribution is 0.0941. The van der Waals surface area contributed by atoms with E-state index in [1.54, 1.807) is 7.05 Å². The van der Waals surface area contributed by atoms with Crippen molar-refractivity contribution in [2.45, 2.75) is 32.7 Å². The van der Waals surface area contributed by atoms with Crippen molar-refractivity contribution in [3.8, 4) is 0 Å². The van der Waals surface area contributed by atoms with Gasteiger partial charge in [0.15, 0.2) is 0 Å². The van der Waals surface area contributed by atoms with E-state index in [4.69, 9.17) is 11.6 Å². The van der Waals surface area contributed by atoms with Crippen LogP contribution < -0.4 is 5.32 Å². The lowest BCUT2D eigenvalue weighted by Gasteiger charge is -2.19. The fourth-order valence-electron chi connectivity index (χ4n) is 2.28. The van der Waals surface area contributed by atoms with Gasteiger partial charge in [-0.15, -0.1) is 0 Å². The first-order chi connectivity index (χ1) is 10.7. The summed E-state index contributed by atoms with van der Waals surface area (Å²) in [5.41, 5.74) is 3.26. The van der Waals surface area contributed by atoms with Gasteiger partial charge in [-0.1, -0.05) is 63.2 Å². The minimum absolute atomic E-state index is 0.116. The highest BCUT2D eigenvalue weighted by atomic mass is 35.5. The highest BCUT2D eigenvalue weighted by molar-refractivity contribution is 6.34. The van der Waals surface area contributed by atoms with Gasteiger partial charge in [-0.25, -0.2) is 0 Å². The summed E-state index contributed by atoms with van der Waals surface area (Å²) in [6, 6.07) is 8.24. The molecule has 0 saturated heterocycles. The van der Waals surface area contributed by atoms with Gasteiger partial charge < -0.3 is 5.32 Å². The normalized spacial score (nSPS) is 11.3. The molecule has 0 fully saturated rings. The fraction of sp³-hybridized carbons (Fsp3) is 0.333. The lowest BCUT2D eigenvalue weighted by Crippen LogP contribution is -2.25. The third-order valence-corrected chi connectivity index (χ3v) is 4.07. The van der Waals surface area contributed by atoms with Crippen LogP contribution in [0.15, 0.2) is 30.8 Å². The third-order valence-electron chi connectivity index (χ3n) is 3.70. The highest BCUT2D eigenvalue weighted by Gasteiger charge is 2.19. The van der Waals surface area contributed by atoms with Crippen LogP contribution in [0.1, 0.15) is 48.1 Å². The first-order valence-corrected chi connectivity index (χ1v) is 7.84. The molecule has 0 aliphatic carbocycles. The van der Waals surface area contributed by atoms with Crippen LogP contribution >= 0.6 is 11.6 Å². The second-order valence-corrected chi connectivity index (χ2v) is 6.88. The molecular formula is C18H22ClN3O. The molecule has 2 aromatic rings. The number of nitrogens with one attached hydrogen (secondary N) is 1. The zero-order valence-corrected chi connectivity index (χ0v) is 14.7. The van der Waals surface area contributed by atoms with Crippen molar-refractivity contribution in [1.82, 2.24) is 15.1 Å². The quantitative estimate of drug-likeness (QED) is 0.922. The van der Waals surface area contributed by atoms with Crippen molar-refractivity contribution in [3.63, 3.8) is 0 Å². The van der Waals surface area contributed by atoms with E-state index in [2.05, 4.69) is 49.9 Å². The number of carbonyl (C=O) groups excluding carboxylic acids is 1. The molecule has 1 heterocycles. The molecule has 0 aliphatic heterocycles. The summed E-state index contributed by atoms with van der Waals surface area (Å²) in [5.74, 6) is -0.252. The predicted octanol–water partition coefficient (Wildman–Crippen LogP) is 3.94. The zero-order chi connectivity index (χ0) is 17.2. The van der Waals surface area contributed by atoms with Gasteiger partial charge in [0, 0.05) is 13.6 Å². The summed E-state index contributed by atoms with van der Waals surface area (Å²) in [7, 11) is 1.69. The summed E-state index contributed by atoms with van der Waals surface area (Å²) in [6.45, 7) is 10.6. The lowest BCUT2D eigenvalue weighted by atomic mass is 9.87. The average Bonchev–Trinajstić information content (AvgIpc) is 2.78. The number of aromatic nitrogens is 2. The van der Waals surface area contributed by atoms with Crippen molar-refractivity contribution >= 4 is 23.6 Å². The van der Waals surface area contributed by atoms with E-state index in [1.807, 2.05) is 12.1 Å². The molecule has 0 aliphatic rings. The smallest absolute Gasteiger partial charge is 0.271 e. The molecule has 0 spiro atoms. The molecule has 1 N–H and O–H groups in total. The van der Waals surface area contributed by atoms with Crippen LogP contribution in [-0.4, -0.2) is 15.7 Å². The van der Waals surface area contributed by atoms with Gasteiger partial charge in [0.2, 0.25) is 0 Å². The molecule has 0 bridgehead atoms. The van der Waals surface area contributed by atoms with Crippen molar-refractivity contribution in [2.24, 2.45) is 7.05 Å². The van der Waals surface area contributed by atoms with Gasteiger partial charge in [0.05, 0.1) is 5.02 Å². The Kier molecular flexibility index (Phi) is 4.95. The number of hydrogen-bond acceptors (Lipinski definition) is 2. The molecule has 0 atom stereocenters.